The first-order valence-corrected chi connectivity index (χ1v) is 6.65. The number of rotatable bonds is 5. The summed E-state index contributed by atoms with van der Waals surface area (Å²) in [5.74, 6) is -0.0565. The fraction of sp³-hybridized carbons (Fsp3) is 0.500. The van der Waals surface area contributed by atoms with Crippen molar-refractivity contribution in [3.05, 3.63) is 29.8 Å². The highest BCUT2D eigenvalue weighted by molar-refractivity contribution is 5.80. The Hall–Kier alpha value is -1.85. The van der Waals surface area contributed by atoms with E-state index in [1.165, 1.54) is 6.07 Å². The largest absolute Gasteiger partial charge is 0.492 e. The molecule has 2 unspecified atom stereocenters. The van der Waals surface area contributed by atoms with Crippen LogP contribution in [0.15, 0.2) is 23.2 Å². The summed E-state index contributed by atoms with van der Waals surface area (Å²) in [5, 5.41) is 6.38. The number of hydrogen-bond donors (Lipinski definition) is 2. The normalized spacial score (nSPS) is 21.5. The standard InChI is InChI=1S/C14H19F2N3O/c1-9-7-13(9)19-14(17-2)18-5-6-20-10-3-4-11(15)12(16)8-10/h3-4,8-9,13H,5-7H2,1-2H3,(H2,17,18,19). The van der Waals surface area contributed by atoms with Crippen molar-refractivity contribution in [3.63, 3.8) is 0 Å². The van der Waals surface area contributed by atoms with Gasteiger partial charge in [0.2, 0.25) is 0 Å². The maximum Gasteiger partial charge on any atom is 0.191 e. The molecule has 4 nitrogen and oxygen atoms in total. The number of halogens is 2. The summed E-state index contributed by atoms with van der Waals surface area (Å²) < 4.78 is 31.0. The minimum Gasteiger partial charge on any atom is -0.492 e. The second-order valence-corrected chi connectivity index (χ2v) is 4.89. The maximum atomic E-state index is 13.0. The topological polar surface area (TPSA) is 45.7 Å². The van der Waals surface area contributed by atoms with Gasteiger partial charge in [0, 0.05) is 19.2 Å². The second-order valence-electron chi connectivity index (χ2n) is 4.89. The van der Waals surface area contributed by atoms with E-state index in [1.54, 1.807) is 7.05 Å². The van der Waals surface area contributed by atoms with E-state index in [9.17, 15) is 8.78 Å². The molecule has 2 atom stereocenters. The van der Waals surface area contributed by atoms with Crippen molar-refractivity contribution in [2.24, 2.45) is 10.9 Å². The van der Waals surface area contributed by atoms with E-state index in [4.69, 9.17) is 4.74 Å². The molecule has 0 amide bonds. The number of ether oxygens (including phenoxy) is 1. The number of hydrogen-bond acceptors (Lipinski definition) is 2. The molecule has 1 aromatic carbocycles. The molecule has 0 aliphatic heterocycles. The monoisotopic (exact) mass is 283 g/mol. The molecule has 0 saturated heterocycles. The molecule has 0 heterocycles. The van der Waals surface area contributed by atoms with Crippen LogP contribution in [-0.4, -0.2) is 32.2 Å². The minimum absolute atomic E-state index is 0.310. The van der Waals surface area contributed by atoms with Crippen molar-refractivity contribution in [2.45, 2.75) is 19.4 Å². The molecule has 6 heteroatoms. The van der Waals surface area contributed by atoms with Gasteiger partial charge in [-0.05, 0) is 24.5 Å². The zero-order chi connectivity index (χ0) is 14.5. The van der Waals surface area contributed by atoms with E-state index < -0.39 is 11.6 Å². The van der Waals surface area contributed by atoms with E-state index in [0.29, 0.717) is 30.9 Å². The molecule has 0 radical (unpaired) electrons. The first-order valence-electron chi connectivity index (χ1n) is 6.65. The van der Waals surface area contributed by atoms with Crippen LogP contribution < -0.4 is 15.4 Å². The lowest BCUT2D eigenvalue weighted by molar-refractivity contribution is 0.318. The summed E-state index contributed by atoms with van der Waals surface area (Å²) in [5.41, 5.74) is 0. The molecule has 110 valence electrons. The third-order valence-corrected chi connectivity index (χ3v) is 3.21. The first kappa shape index (κ1) is 14.6. The van der Waals surface area contributed by atoms with Gasteiger partial charge in [0.1, 0.15) is 12.4 Å². The van der Waals surface area contributed by atoms with E-state index in [2.05, 4.69) is 22.5 Å². The van der Waals surface area contributed by atoms with Crippen LogP contribution in [-0.2, 0) is 0 Å². The zero-order valence-electron chi connectivity index (χ0n) is 11.6. The molecule has 1 aromatic rings. The van der Waals surface area contributed by atoms with Gasteiger partial charge in [0.05, 0.1) is 6.54 Å². The van der Waals surface area contributed by atoms with Crippen molar-refractivity contribution < 1.29 is 13.5 Å². The number of aliphatic imine (C=N–C) groups is 1. The van der Waals surface area contributed by atoms with Crippen LogP contribution in [0.3, 0.4) is 0 Å². The van der Waals surface area contributed by atoms with Gasteiger partial charge >= 0.3 is 0 Å². The van der Waals surface area contributed by atoms with Gasteiger partial charge in [0.15, 0.2) is 17.6 Å². The Morgan fingerprint density at radius 3 is 2.75 bits per heavy atom. The van der Waals surface area contributed by atoms with Gasteiger partial charge in [-0.2, -0.15) is 0 Å². The van der Waals surface area contributed by atoms with Crippen LogP contribution in [0, 0.1) is 17.6 Å². The number of benzene rings is 1. The Bertz CT molecular complexity index is 493. The number of nitrogens with zero attached hydrogens (tertiary/aromatic N) is 1. The van der Waals surface area contributed by atoms with Gasteiger partial charge in [-0.15, -0.1) is 0 Å². The molecule has 2 N–H and O–H groups in total. The molecule has 0 bridgehead atoms. The lowest BCUT2D eigenvalue weighted by Gasteiger charge is -2.12. The van der Waals surface area contributed by atoms with Crippen LogP contribution >= 0.6 is 0 Å². The Morgan fingerprint density at radius 1 is 1.40 bits per heavy atom. The van der Waals surface area contributed by atoms with Crippen LogP contribution in [0.4, 0.5) is 8.78 Å². The summed E-state index contributed by atoms with van der Waals surface area (Å²) >= 11 is 0. The molecule has 0 spiro atoms. The average Bonchev–Trinajstić information content (AvgIpc) is 3.12. The predicted octanol–water partition coefficient (Wildman–Crippen LogP) is 1.92. The fourth-order valence-corrected chi connectivity index (χ4v) is 1.80. The fourth-order valence-electron chi connectivity index (χ4n) is 1.80. The summed E-state index contributed by atoms with van der Waals surface area (Å²) in [7, 11) is 1.71. The van der Waals surface area contributed by atoms with Crippen LogP contribution in [0.25, 0.3) is 0 Å². The number of nitrogens with one attached hydrogen (secondary N) is 2. The van der Waals surface area contributed by atoms with Gasteiger partial charge in [0.25, 0.3) is 0 Å². The Labute approximate surface area is 117 Å². The van der Waals surface area contributed by atoms with Crippen LogP contribution in [0.5, 0.6) is 5.75 Å². The Kier molecular flexibility index (Phi) is 4.76. The Balaban J connectivity index is 1.68. The highest BCUT2D eigenvalue weighted by Crippen LogP contribution is 2.28. The van der Waals surface area contributed by atoms with Crippen LogP contribution in [0.1, 0.15) is 13.3 Å². The molecule has 0 aromatic heterocycles. The summed E-state index contributed by atoms with van der Waals surface area (Å²) in [6.07, 6.45) is 1.16. The van der Waals surface area contributed by atoms with Crippen molar-refractivity contribution in [2.75, 3.05) is 20.2 Å². The van der Waals surface area contributed by atoms with Gasteiger partial charge in [-0.1, -0.05) is 6.92 Å². The highest BCUT2D eigenvalue weighted by Gasteiger charge is 2.33. The van der Waals surface area contributed by atoms with Crippen LogP contribution in [0.2, 0.25) is 0 Å². The predicted molar refractivity (Wildman–Crippen MR) is 73.9 cm³/mol. The van der Waals surface area contributed by atoms with E-state index in [1.807, 2.05) is 0 Å². The maximum absolute atomic E-state index is 13.0. The SMILES string of the molecule is CN=C(NCCOc1ccc(F)c(F)c1)NC1CC1C. The molecule has 1 aliphatic rings. The quantitative estimate of drug-likeness (QED) is 0.493. The van der Waals surface area contributed by atoms with Crippen molar-refractivity contribution in [1.29, 1.82) is 0 Å². The molecule has 2 rings (SSSR count). The molecular weight excluding hydrogens is 264 g/mol. The molecule has 1 aliphatic carbocycles. The van der Waals surface area contributed by atoms with E-state index in [-0.39, 0.29) is 0 Å². The van der Waals surface area contributed by atoms with E-state index >= 15 is 0 Å². The Morgan fingerprint density at radius 2 is 2.15 bits per heavy atom. The molecular formula is C14H19F2N3O. The van der Waals surface area contributed by atoms with Crippen molar-refractivity contribution in [3.8, 4) is 5.75 Å². The smallest absolute Gasteiger partial charge is 0.191 e. The zero-order valence-corrected chi connectivity index (χ0v) is 11.6. The second kappa shape index (κ2) is 6.54. The first-order chi connectivity index (χ1) is 9.60. The lowest BCUT2D eigenvalue weighted by atomic mass is 10.3. The van der Waals surface area contributed by atoms with Crippen molar-refractivity contribution in [1.82, 2.24) is 10.6 Å². The summed E-state index contributed by atoms with van der Waals surface area (Å²) in [4.78, 5) is 4.10. The summed E-state index contributed by atoms with van der Waals surface area (Å²) in [6, 6.07) is 3.98. The molecule has 1 fully saturated rings. The van der Waals surface area contributed by atoms with Gasteiger partial charge in [-0.3, -0.25) is 4.99 Å². The average molecular weight is 283 g/mol. The van der Waals surface area contributed by atoms with E-state index in [0.717, 1.165) is 24.5 Å². The highest BCUT2D eigenvalue weighted by atomic mass is 19.2. The minimum atomic E-state index is -0.907. The van der Waals surface area contributed by atoms with Crippen molar-refractivity contribution >= 4 is 5.96 Å². The summed E-state index contributed by atoms with van der Waals surface area (Å²) in [6.45, 7) is 3.04. The number of guanidine groups is 1. The van der Waals surface area contributed by atoms with Gasteiger partial charge in [-0.25, -0.2) is 8.78 Å². The third-order valence-electron chi connectivity index (χ3n) is 3.21. The third kappa shape index (κ3) is 4.08. The van der Waals surface area contributed by atoms with Gasteiger partial charge < -0.3 is 15.4 Å². The molecule has 20 heavy (non-hydrogen) atoms. The lowest BCUT2D eigenvalue weighted by Crippen LogP contribution is -2.40. The molecule has 1 saturated carbocycles.